The van der Waals surface area contributed by atoms with Crippen LogP contribution in [0, 0.1) is 23.7 Å². The van der Waals surface area contributed by atoms with Gasteiger partial charge in [-0.15, -0.1) is 0 Å². The van der Waals surface area contributed by atoms with Crippen molar-refractivity contribution in [3.05, 3.63) is 0 Å². The van der Waals surface area contributed by atoms with E-state index in [-0.39, 0.29) is 177 Å². The van der Waals surface area contributed by atoms with E-state index in [4.69, 9.17) is 0 Å². The van der Waals surface area contributed by atoms with E-state index in [1.165, 1.54) is 0 Å². The Morgan fingerprint density at radius 3 is 0.656 bits per heavy atom. The molecule has 0 saturated heterocycles. The molecule has 0 bridgehead atoms. The Bertz CT molecular complexity index is 444. The third kappa shape index (κ3) is 40.2. The third-order valence-electron chi connectivity index (χ3n) is 2.74. The summed E-state index contributed by atoms with van der Waals surface area (Å²) < 4.78 is 0. The standard InChI is InChI=1S/2C8H18O2PS2.6Na/c2*1-7(2)5-13(6-8(3)4)11(9,10)12;;;;;;/h2*7-8H,5-6H2,1-4H3;;;;;;/q2*-3;6*+1. The average molecular weight is 621 g/mol. The van der Waals surface area contributed by atoms with Crippen molar-refractivity contribution in [1.29, 1.82) is 0 Å². The van der Waals surface area contributed by atoms with Gasteiger partial charge in [0.2, 0.25) is 0 Å². The fraction of sp³-hybridized carbons (Fsp3) is 1.00. The molecule has 0 heterocycles. The van der Waals surface area contributed by atoms with Gasteiger partial charge in [-0.2, -0.15) is 0 Å². The van der Waals surface area contributed by atoms with Crippen LogP contribution in [0.25, 0.3) is 0 Å². The molecule has 0 unspecified atom stereocenters. The second kappa shape index (κ2) is 32.0. The molecule has 0 spiro atoms. The summed E-state index contributed by atoms with van der Waals surface area (Å²) in [7, 11) is -1.17. The number of rotatable bonds is 8. The van der Waals surface area contributed by atoms with Crippen LogP contribution >= 0.6 is 11.4 Å². The van der Waals surface area contributed by atoms with E-state index in [9.17, 15) is 19.6 Å². The Morgan fingerprint density at radius 2 is 0.594 bits per heavy atom. The fourth-order valence-corrected chi connectivity index (χ4v) is 14.1. The van der Waals surface area contributed by atoms with Crippen LogP contribution in [-0.2, 0) is 44.6 Å². The second-order valence-electron chi connectivity index (χ2n) is 8.06. The Labute approximate surface area is 347 Å². The quantitative estimate of drug-likeness (QED) is 0.152. The molecule has 0 radical (unpaired) electrons. The number of hydrogen-bond donors (Lipinski definition) is 0. The molecule has 0 aromatic rings. The molecule has 164 valence electrons. The topological polar surface area (TPSA) is 92.2 Å². The minimum absolute atomic E-state index is 0. The second-order valence-corrected chi connectivity index (χ2v) is 23.3. The van der Waals surface area contributed by atoms with Gasteiger partial charge in [0.25, 0.3) is 0 Å². The largest absolute Gasteiger partial charge is 1.00 e. The predicted molar refractivity (Wildman–Crippen MR) is 122 cm³/mol. The first-order valence-corrected chi connectivity index (χ1v) is 18.5. The Hall–Kier alpha value is 8.10. The van der Waals surface area contributed by atoms with Gasteiger partial charge < -0.3 is 55.5 Å². The van der Waals surface area contributed by atoms with Gasteiger partial charge in [0.1, 0.15) is 0 Å². The van der Waals surface area contributed by atoms with E-state index in [0.717, 1.165) is 23.0 Å². The normalized spacial score (nSPS) is 10.9. The predicted octanol–water partition coefficient (Wildman–Crippen LogP) is -16.3. The van der Waals surface area contributed by atoms with Crippen LogP contribution in [0.4, 0.5) is 0 Å². The SMILES string of the molecule is CC(C)CS(CC(C)C)=P([O-])([O-])[S-].CC(C)CS(CC(C)C)=P([O-])([O-])[S-].[Na+].[Na+].[Na+].[Na+].[Na+].[Na+]. The van der Waals surface area contributed by atoms with Crippen LogP contribution in [-0.4, -0.2) is 23.0 Å². The zero-order valence-corrected chi connectivity index (χ0v) is 40.4. The van der Waals surface area contributed by atoms with Crippen LogP contribution < -0.4 is 197 Å². The van der Waals surface area contributed by atoms with Crippen molar-refractivity contribution in [1.82, 2.24) is 0 Å². The average Bonchev–Trinajstić information content (AvgIpc) is 2.33. The van der Waals surface area contributed by atoms with Gasteiger partial charge in [-0.25, -0.2) is 20.1 Å². The molecule has 0 saturated carbocycles. The molecule has 0 amide bonds. The molecule has 0 aromatic heterocycles. The van der Waals surface area contributed by atoms with E-state index in [0.29, 0.717) is 23.7 Å². The van der Waals surface area contributed by atoms with E-state index in [1.54, 1.807) is 0 Å². The van der Waals surface area contributed by atoms with Crippen molar-refractivity contribution < 1.29 is 197 Å². The Morgan fingerprint density at radius 1 is 0.469 bits per heavy atom. The molecule has 0 rings (SSSR count). The summed E-state index contributed by atoms with van der Waals surface area (Å²) in [5, 5.41) is 0. The molecule has 16 heteroatoms. The maximum Gasteiger partial charge on any atom is 1.00 e. The van der Waals surface area contributed by atoms with Gasteiger partial charge >= 0.3 is 177 Å². The molecule has 0 fully saturated rings. The van der Waals surface area contributed by atoms with Gasteiger partial charge in [0.15, 0.2) is 0 Å². The molecule has 0 aromatic carbocycles. The summed E-state index contributed by atoms with van der Waals surface area (Å²) in [4.78, 5) is 45.0. The Kier molecular flexibility index (Phi) is 59.5. The van der Waals surface area contributed by atoms with Crippen LogP contribution in [0.1, 0.15) is 55.4 Å². The van der Waals surface area contributed by atoms with E-state index in [1.807, 2.05) is 55.4 Å². The van der Waals surface area contributed by atoms with Gasteiger partial charge in [-0.3, -0.25) is 0 Å². The summed E-state index contributed by atoms with van der Waals surface area (Å²) >= 11 is 9.11. The van der Waals surface area contributed by atoms with Gasteiger partial charge in [0, 0.05) is 0 Å². The zero-order chi connectivity index (χ0) is 21.3. The summed E-state index contributed by atoms with van der Waals surface area (Å²) in [5.74, 6) is 4.54. The first kappa shape index (κ1) is 59.5. The molecule has 0 N–H and O–H groups in total. The molecule has 4 nitrogen and oxygen atoms in total. The fourth-order valence-electron chi connectivity index (χ4n) is 2.04. The first-order chi connectivity index (χ1) is 11.5. The van der Waals surface area contributed by atoms with Gasteiger partial charge in [-0.05, 0) is 46.7 Å². The summed E-state index contributed by atoms with van der Waals surface area (Å²) in [5.41, 5.74) is -7.05. The van der Waals surface area contributed by atoms with Crippen LogP contribution in [0.5, 0.6) is 0 Å². The Balaban J connectivity index is -0.0000000505. The minimum Gasteiger partial charge on any atom is -0.854 e. The molecule has 0 aliphatic carbocycles. The maximum absolute atomic E-state index is 11.3. The molecular weight excluding hydrogens is 584 g/mol. The minimum atomic E-state index is -3.52. The van der Waals surface area contributed by atoms with Crippen molar-refractivity contribution in [2.24, 2.45) is 23.7 Å². The molecule has 0 aliphatic rings. The third-order valence-corrected chi connectivity index (χ3v) is 17.6. The first-order valence-electron chi connectivity index (χ1n) is 8.87. The van der Waals surface area contributed by atoms with Gasteiger partial charge in [0.05, 0.1) is 0 Å². The summed E-state index contributed by atoms with van der Waals surface area (Å²) in [6, 6.07) is 0. The maximum atomic E-state index is 11.3. The van der Waals surface area contributed by atoms with Crippen LogP contribution in [0.3, 0.4) is 0 Å². The smallest absolute Gasteiger partial charge is 0.854 e. The van der Waals surface area contributed by atoms with Crippen molar-refractivity contribution in [2.45, 2.75) is 55.4 Å². The molecular formula is C16H36Na6O4P2S4. The van der Waals surface area contributed by atoms with Crippen LogP contribution in [0.2, 0.25) is 0 Å². The van der Waals surface area contributed by atoms with Crippen molar-refractivity contribution in [3.8, 4) is 0 Å². The molecule has 32 heavy (non-hydrogen) atoms. The molecule has 0 aliphatic heterocycles. The molecule has 0 atom stereocenters. The zero-order valence-electron chi connectivity index (χ0n) is 23.3. The van der Waals surface area contributed by atoms with E-state index >= 15 is 0 Å². The van der Waals surface area contributed by atoms with Crippen molar-refractivity contribution in [3.63, 3.8) is 0 Å². The summed E-state index contributed by atoms with van der Waals surface area (Å²) in [6.07, 6.45) is 0. The summed E-state index contributed by atoms with van der Waals surface area (Å²) in [6.45, 7) is 16.3. The van der Waals surface area contributed by atoms with E-state index < -0.39 is 31.5 Å². The van der Waals surface area contributed by atoms with E-state index in [2.05, 4.69) is 24.5 Å². The van der Waals surface area contributed by atoms with Crippen molar-refractivity contribution in [2.75, 3.05) is 23.0 Å². The van der Waals surface area contributed by atoms with Crippen molar-refractivity contribution >= 4 is 56.0 Å². The monoisotopic (exact) mass is 620 g/mol. The van der Waals surface area contributed by atoms with Gasteiger partial charge in [-0.1, -0.05) is 55.4 Å². The van der Waals surface area contributed by atoms with Crippen LogP contribution in [0.15, 0.2) is 0 Å². The number of hydrogen-bond acceptors (Lipinski definition) is 6.